The molecule has 2 heterocycles. The van der Waals surface area contributed by atoms with Gasteiger partial charge >= 0.3 is 0 Å². The molecular weight excluding hydrogens is 374 g/mol. The third-order valence-corrected chi connectivity index (χ3v) is 5.72. The molecule has 148 valence electrons. The zero-order chi connectivity index (χ0) is 20.1. The maximum absolute atomic E-state index is 12.6. The van der Waals surface area contributed by atoms with Crippen LogP contribution < -0.4 is 14.8 Å². The summed E-state index contributed by atoms with van der Waals surface area (Å²) < 4.78 is 12.7. The number of thiazole rings is 1. The van der Waals surface area contributed by atoms with E-state index in [1.807, 2.05) is 43.5 Å². The second-order valence-electron chi connectivity index (χ2n) is 6.31. The number of benzene rings is 1. The molecule has 0 aliphatic rings. The Morgan fingerprint density at radius 1 is 1.21 bits per heavy atom. The first-order valence-corrected chi connectivity index (χ1v) is 10.0. The van der Waals surface area contributed by atoms with Crippen molar-refractivity contribution in [2.24, 2.45) is 0 Å². The second kappa shape index (κ2) is 8.93. The van der Waals surface area contributed by atoms with Crippen molar-refractivity contribution < 1.29 is 14.3 Å². The van der Waals surface area contributed by atoms with Crippen molar-refractivity contribution in [2.75, 3.05) is 20.8 Å². The third kappa shape index (κ3) is 4.20. The molecule has 6 nitrogen and oxygen atoms in total. The van der Waals surface area contributed by atoms with Gasteiger partial charge in [-0.3, -0.25) is 4.79 Å². The molecule has 28 heavy (non-hydrogen) atoms. The van der Waals surface area contributed by atoms with Crippen molar-refractivity contribution in [2.45, 2.75) is 26.8 Å². The minimum absolute atomic E-state index is 0.0867. The zero-order valence-corrected chi connectivity index (χ0v) is 17.4. The first-order chi connectivity index (χ1) is 13.6. The van der Waals surface area contributed by atoms with Gasteiger partial charge in [-0.15, -0.1) is 11.3 Å². The summed E-state index contributed by atoms with van der Waals surface area (Å²) in [5.41, 5.74) is 2.87. The van der Waals surface area contributed by atoms with Gasteiger partial charge in [0.15, 0.2) is 11.5 Å². The van der Waals surface area contributed by atoms with Crippen LogP contribution in [0, 0.1) is 6.92 Å². The van der Waals surface area contributed by atoms with E-state index in [-0.39, 0.29) is 5.91 Å². The molecule has 0 saturated heterocycles. The highest BCUT2D eigenvalue weighted by molar-refractivity contribution is 7.17. The lowest BCUT2D eigenvalue weighted by Crippen LogP contribution is -2.25. The molecule has 0 unspecified atom stereocenters. The van der Waals surface area contributed by atoms with Gasteiger partial charge in [-0.25, -0.2) is 4.98 Å². The Hall–Kier alpha value is -2.80. The van der Waals surface area contributed by atoms with Gasteiger partial charge in [0.2, 0.25) is 0 Å². The fourth-order valence-electron chi connectivity index (χ4n) is 3.04. The maximum atomic E-state index is 12.6. The van der Waals surface area contributed by atoms with Crippen LogP contribution in [0.1, 0.15) is 27.9 Å². The number of nitrogens with zero attached hydrogens (tertiary/aromatic N) is 2. The molecule has 0 aliphatic carbocycles. The molecule has 1 aromatic carbocycles. The normalized spacial score (nSPS) is 10.7. The van der Waals surface area contributed by atoms with E-state index in [0.29, 0.717) is 29.3 Å². The van der Waals surface area contributed by atoms with Crippen molar-refractivity contribution in [1.82, 2.24) is 14.9 Å². The van der Waals surface area contributed by atoms with Gasteiger partial charge in [0.25, 0.3) is 5.91 Å². The Morgan fingerprint density at radius 3 is 2.71 bits per heavy atom. The van der Waals surface area contributed by atoms with E-state index in [4.69, 9.17) is 9.47 Å². The number of hydrogen-bond donors (Lipinski definition) is 1. The van der Waals surface area contributed by atoms with Gasteiger partial charge in [0, 0.05) is 19.3 Å². The molecule has 0 radical (unpaired) electrons. The molecule has 0 atom stereocenters. The number of amides is 1. The van der Waals surface area contributed by atoms with Crippen LogP contribution in [-0.2, 0) is 13.0 Å². The molecule has 3 aromatic rings. The van der Waals surface area contributed by atoms with Crippen molar-refractivity contribution in [3.63, 3.8) is 0 Å². The number of methoxy groups -OCH3 is 2. The van der Waals surface area contributed by atoms with E-state index in [1.165, 1.54) is 11.3 Å². The Balaban J connectivity index is 1.64. The zero-order valence-electron chi connectivity index (χ0n) is 16.6. The molecule has 2 aromatic heterocycles. The average Bonchev–Trinajstić information content (AvgIpc) is 3.33. The summed E-state index contributed by atoms with van der Waals surface area (Å²) in [6, 6.07) is 9.81. The topological polar surface area (TPSA) is 65.4 Å². The minimum atomic E-state index is -0.0867. The van der Waals surface area contributed by atoms with Crippen LogP contribution in [0.3, 0.4) is 0 Å². The molecule has 3 rings (SSSR count). The monoisotopic (exact) mass is 399 g/mol. The van der Waals surface area contributed by atoms with E-state index < -0.39 is 0 Å². The number of rotatable bonds is 8. The van der Waals surface area contributed by atoms with Gasteiger partial charge < -0.3 is 19.4 Å². The van der Waals surface area contributed by atoms with Crippen molar-refractivity contribution in [1.29, 1.82) is 0 Å². The largest absolute Gasteiger partial charge is 0.493 e. The van der Waals surface area contributed by atoms with Crippen LogP contribution in [0.4, 0.5) is 0 Å². The predicted molar refractivity (Wildman–Crippen MR) is 112 cm³/mol. The van der Waals surface area contributed by atoms with Crippen LogP contribution in [0.5, 0.6) is 11.5 Å². The second-order valence-corrected chi connectivity index (χ2v) is 7.31. The molecule has 0 bridgehead atoms. The standard InChI is InChI=1S/C21H25N3O3S/c1-5-24-12-6-7-16(24)21-23-14(2)19(28-21)20(25)22-11-10-15-8-9-17(26-3)18(13-15)27-4/h6-9,12-13H,5,10-11H2,1-4H3,(H,22,25). The molecule has 0 fully saturated rings. The van der Waals surface area contributed by atoms with Crippen LogP contribution in [-0.4, -0.2) is 36.2 Å². The van der Waals surface area contributed by atoms with Gasteiger partial charge in [-0.1, -0.05) is 6.07 Å². The number of aryl methyl sites for hydroxylation is 2. The number of carbonyl (C=O) groups is 1. The van der Waals surface area contributed by atoms with Crippen LogP contribution in [0.25, 0.3) is 10.7 Å². The molecule has 0 aliphatic heterocycles. The average molecular weight is 400 g/mol. The molecule has 7 heteroatoms. The van der Waals surface area contributed by atoms with Crippen molar-refractivity contribution in [3.05, 3.63) is 52.7 Å². The lowest BCUT2D eigenvalue weighted by Gasteiger charge is -2.10. The lowest BCUT2D eigenvalue weighted by atomic mass is 10.1. The number of hydrogen-bond acceptors (Lipinski definition) is 5. The summed E-state index contributed by atoms with van der Waals surface area (Å²) >= 11 is 1.43. The van der Waals surface area contributed by atoms with E-state index in [1.54, 1.807) is 14.2 Å². The molecule has 1 amide bonds. The van der Waals surface area contributed by atoms with Crippen LogP contribution in [0.15, 0.2) is 36.5 Å². The Morgan fingerprint density at radius 2 is 2.00 bits per heavy atom. The summed E-state index contributed by atoms with van der Waals surface area (Å²) in [7, 11) is 3.23. The van der Waals surface area contributed by atoms with Crippen molar-refractivity contribution in [3.8, 4) is 22.2 Å². The lowest BCUT2D eigenvalue weighted by molar-refractivity contribution is 0.0957. The van der Waals surface area contributed by atoms with E-state index in [9.17, 15) is 4.79 Å². The molecule has 0 spiro atoms. The molecule has 0 saturated carbocycles. The highest BCUT2D eigenvalue weighted by Crippen LogP contribution is 2.29. The third-order valence-electron chi connectivity index (χ3n) is 4.54. The SMILES string of the molecule is CCn1cccc1-c1nc(C)c(C(=O)NCCc2ccc(OC)c(OC)c2)s1. The van der Waals surface area contributed by atoms with Crippen LogP contribution in [0.2, 0.25) is 0 Å². The number of nitrogens with one attached hydrogen (secondary N) is 1. The van der Waals surface area contributed by atoms with Gasteiger partial charge in [0.1, 0.15) is 9.88 Å². The first kappa shape index (κ1) is 19.9. The highest BCUT2D eigenvalue weighted by Gasteiger charge is 2.17. The summed E-state index contributed by atoms with van der Waals surface area (Å²) in [6.45, 7) is 5.37. The Kier molecular flexibility index (Phi) is 6.36. The Labute approximate surface area is 169 Å². The first-order valence-electron chi connectivity index (χ1n) is 9.19. The fourth-order valence-corrected chi connectivity index (χ4v) is 4.06. The quantitative estimate of drug-likeness (QED) is 0.623. The van der Waals surface area contributed by atoms with Gasteiger partial charge in [0.05, 0.1) is 25.6 Å². The number of ether oxygens (including phenoxy) is 2. The van der Waals surface area contributed by atoms with E-state index in [0.717, 1.165) is 28.5 Å². The smallest absolute Gasteiger partial charge is 0.263 e. The predicted octanol–water partition coefficient (Wildman–Crippen LogP) is 3.93. The van der Waals surface area contributed by atoms with E-state index >= 15 is 0 Å². The van der Waals surface area contributed by atoms with Gasteiger partial charge in [-0.2, -0.15) is 0 Å². The summed E-state index contributed by atoms with van der Waals surface area (Å²) in [5, 5.41) is 3.86. The minimum Gasteiger partial charge on any atom is -0.493 e. The number of carbonyl (C=O) groups excluding carboxylic acids is 1. The highest BCUT2D eigenvalue weighted by atomic mass is 32.1. The molecular formula is C21H25N3O3S. The fraction of sp³-hybridized carbons (Fsp3) is 0.333. The van der Waals surface area contributed by atoms with Gasteiger partial charge in [-0.05, 0) is 50.1 Å². The van der Waals surface area contributed by atoms with Crippen molar-refractivity contribution >= 4 is 17.2 Å². The summed E-state index contributed by atoms with van der Waals surface area (Å²) in [4.78, 5) is 17.9. The number of aromatic nitrogens is 2. The van der Waals surface area contributed by atoms with Crippen LogP contribution >= 0.6 is 11.3 Å². The summed E-state index contributed by atoms with van der Waals surface area (Å²) in [5.74, 6) is 1.30. The summed E-state index contributed by atoms with van der Waals surface area (Å²) in [6.07, 6.45) is 2.73. The maximum Gasteiger partial charge on any atom is 0.263 e. The van der Waals surface area contributed by atoms with E-state index in [2.05, 4.69) is 21.8 Å². The Bertz CT molecular complexity index is 962. The molecule has 1 N–H and O–H groups in total.